The average Bonchev–Trinajstić information content (AvgIpc) is 3.12. The number of aromatic nitrogens is 2. The molecule has 0 bridgehead atoms. The molecule has 2 rings (SSSR count). The van der Waals surface area contributed by atoms with Crippen LogP contribution in [0, 0.1) is 0 Å². The summed E-state index contributed by atoms with van der Waals surface area (Å²) < 4.78 is 5.69. The molecule has 0 radical (unpaired) electrons. The Labute approximate surface area is 123 Å². The van der Waals surface area contributed by atoms with Gasteiger partial charge in [0.2, 0.25) is 10.1 Å². The highest BCUT2D eigenvalue weighted by Crippen LogP contribution is 2.20. The fraction of sp³-hybridized carbons (Fsp3) is 0.769. The van der Waals surface area contributed by atoms with Crippen molar-refractivity contribution in [3.8, 4) is 0 Å². The van der Waals surface area contributed by atoms with Gasteiger partial charge in [0.15, 0.2) is 0 Å². The maximum Gasteiger partial charge on any atom is 0.282 e. The van der Waals surface area contributed by atoms with Crippen molar-refractivity contribution in [2.24, 2.45) is 0 Å². The Bertz CT molecular complexity index is 418. The smallest absolute Gasteiger partial charge is 0.282 e. The first-order valence-corrected chi connectivity index (χ1v) is 8.08. The first kappa shape index (κ1) is 15.2. The maximum absolute atomic E-state index is 11.8. The fourth-order valence-electron chi connectivity index (χ4n) is 2.14. The zero-order valence-electron chi connectivity index (χ0n) is 11.9. The maximum atomic E-state index is 11.8. The molecule has 0 unspecified atom stereocenters. The molecule has 0 atom stereocenters. The second-order valence-electron chi connectivity index (χ2n) is 4.87. The molecule has 1 aliphatic carbocycles. The molecule has 1 fully saturated rings. The van der Waals surface area contributed by atoms with Crippen LogP contribution in [0.5, 0.6) is 0 Å². The van der Waals surface area contributed by atoms with Gasteiger partial charge in [-0.1, -0.05) is 31.1 Å². The Hall–Kier alpha value is -1.21. The Morgan fingerprint density at radius 1 is 1.35 bits per heavy atom. The molecule has 1 aromatic rings. The summed E-state index contributed by atoms with van der Waals surface area (Å²) >= 11 is 1.28. The minimum atomic E-state index is -0.179. The molecule has 1 saturated carbocycles. The van der Waals surface area contributed by atoms with Crippen LogP contribution in [-0.4, -0.2) is 41.9 Å². The molecule has 1 amide bonds. The van der Waals surface area contributed by atoms with Crippen LogP contribution in [0.3, 0.4) is 0 Å². The molecule has 0 aliphatic heterocycles. The van der Waals surface area contributed by atoms with Crippen molar-refractivity contribution in [2.75, 3.05) is 25.0 Å². The average molecular weight is 298 g/mol. The van der Waals surface area contributed by atoms with E-state index in [9.17, 15) is 4.79 Å². The third kappa shape index (κ3) is 4.72. The Kier molecular flexibility index (Phi) is 6.20. The number of nitrogens with one attached hydrogen (secondary N) is 2. The number of hydrogen-bond donors (Lipinski definition) is 2. The minimum absolute atomic E-state index is 0.179. The number of ether oxygens (including phenoxy) is 1. The molecule has 0 aromatic carbocycles. The number of amides is 1. The number of hydrogen-bond acceptors (Lipinski definition) is 6. The molecule has 1 heterocycles. The van der Waals surface area contributed by atoms with E-state index in [0.29, 0.717) is 29.4 Å². The minimum Gasteiger partial charge on any atom is -0.376 e. The van der Waals surface area contributed by atoms with E-state index in [1.54, 1.807) is 0 Å². The van der Waals surface area contributed by atoms with Crippen molar-refractivity contribution in [1.29, 1.82) is 0 Å². The van der Waals surface area contributed by atoms with Gasteiger partial charge in [0.05, 0.1) is 12.7 Å². The molecule has 6 nitrogen and oxygen atoms in total. The summed E-state index contributed by atoms with van der Waals surface area (Å²) in [4.78, 5) is 11.8. The van der Waals surface area contributed by atoms with Gasteiger partial charge in [0.1, 0.15) is 0 Å². The van der Waals surface area contributed by atoms with Gasteiger partial charge in [-0.15, -0.1) is 10.2 Å². The van der Waals surface area contributed by atoms with Gasteiger partial charge < -0.3 is 15.4 Å². The largest absolute Gasteiger partial charge is 0.376 e. The summed E-state index contributed by atoms with van der Waals surface area (Å²) in [6.45, 7) is 4.00. The Morgan fingerprint density at radius 2 is 2.15 bits per heavy atom. The van der Waals surface area contributed by atoms with E-state index in [1.807, 2.05) is 0 Å². The molecule has 112 valence electrons. The molecule has 1 aromatic heterocycles. The lowest BCUT2D eigenvalue weighted by atomic mass is 10.3. The van der Waals surface area contributed by atoms with Crippen LogP contribution in [0.4, 0.5) is 5.13 Å². The third-order valence-corrected chi connectivity index (χ3v) is 4.07. The molecule has 2 N–H and O–H groups in total. The summed E-state index contributed by atoms with van der Waals surface area (Å²) in [5, 5.41) is 14.8. The third-order valence-electron chi connectivity index (χ3n) is 3.19. The standard InChI is InChI=1S/C13H22N4O2S/c1-2-7-15-13-17-16-12(20-13)11(18)14-8-9-19-10-5-3-4-6-10/h10H,2-9H2,1H3,(H,14,18)(H,15,17). The summed E-state index contributed by atoms with van der Waals surface area (Å²) in [6.07, 6.45) is 6.22. The van der Waals surface area contributed by atoms with Gasteiger partial charge in [-0.2, -0.15) is 0 Å². The predicted molar refractivity (Wildman–Crippen MR) is 79.2 cm³/mol. The summed E-state index contributed by atoms with van der Waals surface area (Å²) in [5.74, 6) is -0.179. The first-order chi connectivity index (χ1) is 9.79. The number of anilines is 1. The van der Waals surface area contributed by atoms with Crippen LogP contribution < -0.4 is 10.6 Å². The van der Waals surface area contributed by atoms with Crippen molar-refractivity contribution in [2.45, 2.75) is 45.1 Å². The van der Waals surface area contributed by atoms with Crippen LogP contribution in [0.1, 0.15) is 48.8 Å². The zero-order valence-corrected chi connectivity index (χ0v) is 12.7. The lowest BCUT2D eigenvalue weighted by Gasteiger charge is -2.10. The molecule has 0 saturated heterocycles. The van der Waals surface area contributed by atoms with Crippen molar-refractivity contribution < 1.29 is 9.53 Å². The monoisotopic (exact) mass is 298 g/mol. The van der Waals surface area contributed by atoms with Crippen LogP contribution in [0.2, 0.25) is 0 Å². The summed E-state index contributed by atoms with van der Waals surface area (Å²) in [6, 6.07) is 0. The molecule has 20 heavy (non-hydrogen) atoms. The van der Waals surface area contributed by atoms with Crippen molar-refractivity contribution in [3.05, 3.63) is 5.01 Å². The van der Waals surface area contributed by atoms with E-state index in [-0.39, 0.29) is 5.91 Å². The second-order valence-corrected chi connectivity index (χ2v) is 5.85. The molecule has 7 heteroatoms. The molecular formula is C13H22N4O2S. The predicted octanol–water partition coefficient (Wildman–Crippen LogP) is 2.05. The van der Waals surface area contributed by atoms with Gasteiger partial charge in [-0.05, 0) is 19.3 Å². The SMILES string of the molecule is CCCNc1nnc(C(=O)NCCOC2CCCC2)s1. The van der Waals surface area contributed by atoms with E-state index >= 15 is 0 Å². The van der Waals surface area contributed by atoms with Gasteiger partial charge >= 0.3 is 0 Å². The van der Waals surface area contributed by atoms with E-state index in [1.165, 1.54) is 24.2 Å². The van der Waals surface area contributed by atoms with Crippen LogP contribution in [0.25, 0.3) is 0 Å². The van der Waals surface area contributed by atoms with Crippen LogP contribution in [0.15, 0.2) is 0 Å². The quantitative estimate of drug-likeness (QED) is 0.718. The van der Waals surface area contributed by atoms with E-state index in [2.05, 4.69) is 27.8 Å². The van der Waals surface area contributed by atoms with Gasteiger partial charge in [0, 0.05) is 13.1 Å². The van der Waals surface area contributed by atoms with E-state index < -0.39 is 0 Å². The second kappa shape index (κ2) is 8.16. The van der Waals surface area contributed by atoms with E-state index in [4.69, 9.17) is 4.74 Å². The highest BCUT2D eigenvalue weighted by molar-refractivity contribution is 7.17. The number of rotatable bonds is 8. The van der Waals surface area contributed by atoms with Gasteiger partial charge in [-0.25, -0.2) is 0 Å². The normalized spacial score (nSPS) is 15.4. The van der Waals surface area contributed by atoms with Gasteiger partial charge in [-0.3, -0.25) is 4.79 Å². The fourth-order valence-corrected chi connectivity index (χ4v) is 2.82. The number of nitrogens with zero attached hydrogens (tertiary/aromatic N) is 2. The zero-order chi connectivity index (χ0) is 14.2. The number of carbonyl (C=O) groups is 1. The highest BCUT2D eigenvalue weighted by atomic mass is 32.1. The molecular weight excluding hydrogens is 276 g/mol. The van der Waals surface area contributed by atoms with Crippen molar-refractivity contribution in [3.63, 3.8) is 0 Å². The van der Waals surface area contributed by atoms with E-state index in [0.717, 1.165) is 25.8 Å². The number of carbonyl (C=O) groups excluding carboxylic acids is 1. The van der Waals surface area contributed by atoms with Gasteiger partial charge in [0.25, 0.3) is 5.91 Å². The Balaban J connectivity index is 1.64. The molecule has 0 spiro atoms. The van der Waals surface area contributed by atoms with Crippen molar-refractivity contribution >= 4 is 22.4 Å². The van der Waals surface area contributed by atoms with Crippen LogP contribution >= 0.6 is 11.3 Å². The first-order valence-electron chi connectivity index (χ1n) is 7.26. The topological polar surface area (TPSA) is 76.1 Å². The summed E-state index contributed by atoms with van der Waals surface area (Å²) in [5.41, 5.74) is 0. The highest BCUT2D eigenvalue weighted by Gasteiger charge is 2.15. The lowest BCUT2D eigenvalue weighted by Crippen LogP contribution is -2.28. The Morgan fingerprint density at radius 3 is 2.90 bits per heavy atom. The lowest BCUT2D eigenvalue weighted by molar-refractivity contribution is 0.0581. The van der Waals surface area contributed by atoms with Crippen LogP contribution in [-0.2, 0) is 4.74 Å². The van der Waals surface area contributed by atoms with Crippen molar-refractivity contribution in [1.82, 2.24) is 15.5 Å². The summed E-state index contributed by atoms with van der Waals surface area (Å²) in [7, 11) is 0. The molecule has 1 aliphatic rings.